The first-order chi connectivity index (χ1) is 13.0. The van der Waals surface area contributed by atoms with E-state index in [1.165, 1.54) is 0 Å². The van der Waals surface area contributed by atoms with Crippen LogP contribution in [0.15, 0.2) is 73.3 Å². The van der Waals surface area contributed by atoms with Gasteiger partial charge in [0.2, 0.25) is 10.0 Å². The summed E-state index contributed by atoms with van der Waals surface area (Å²) in [5.74, 6) is 0.575. The van der Waals surface area contributed by atoms with E-state index in [1.54, 1.807) is 12.1 Å². The van der Waals surface area contributed by atoms with Gasteiger partial charge in [-0.15, -0.1) is 0 Å². The second-order valence-corrected chi connectivity index (χ2v) is 8.18. The van der Waals surface area contributed by atoms with Crippen molar-refractivity contribution in [1.82, 2.24) is 0 Å². The summed E-state index contributed by atoms with van der Waals surface area (Å²) in [5, 5.41) is 5.24. The van der Waals surface area contributed by atoms with Crippen LogP contribution in [-0.4, -0.2) is 8.42 Å². The van der Waals surface area contributed by atoms with Gasteiger partial charge in [0.15, 0.2) is 0 Å². The molecule has 2 N–H and O–H groups in total. The first kappa shape index (κ1) is 17.5. The highest BCUT2D eigenvalue weighted by Crippen LogP contribution is 2.46. The predicted octanol–water partition coefficient (Wildman–Crippen LogP) is 4.27. The topological polar surface area (TPSA) is 69.4 Å². The Kier molecular flexibility index (Phi) is 4.34. The van der Waals surface area contributed by atoms with E-state index in [2.05, 4.69) is 6.58 Å². The Morgan fingerprint density at radius 3 is 2.52 bits per heavy atom. The van der Waals surface area contributed by atoms with Crippen molar-refractivity contribution in [2.24, 2.45) is 5.14 Å². The van der Waals surface area contributed by atoms with E-state index in [9.17, 15) is 8.42 Å². The lowest BCUT2D eigenvalue weighted by Gasteiger charge is -2.30. The largest absolute Gasteiger partial charge is 0.480 e. The number of rotatable bonds is 4. The molecular formula is C22H19NO3S. The van der Waals surface area contributed by atoms with Gasteiger partial charge in [0.25, 0.3) is 0 Å². The lowest BCUT2D eigenvalue weighted by atomic mass is 9.86. The van der Waals surface area contributed by atoms with Crippen molar-refractivity contribution < 1.29 is 13.2 Å². The van der Waals surface area contributed by atoms with Gasteiger partial charge >= 0.3 is 0 Å². The molecule has 0 radical (unpaired) electrons. The van der Waals surface area contributed by atoms with Crippen LogP contribution in [0.1, 0.15) is 28.4 Å². The molecule has 4 nitrogen and oxygen atoms in total. The second kappa shape index (κ2) is 6.68. The van der Waals surface area contributed by atoms with E-state index in [1.807, 2.05) is 60.7 Å². The smallest absolute Gasteiger partial charge is 0.213 e. The lowest BCUT2D eigenvalue weighted by molar-refractivity contribution is 0.243. The SMILES string of the molecule is C=Cc1cccc2c1-c1ccc(CS(N)(=O)=O)cc1C(c1ccccc1)O2. The molecule has 0 spiro atoms. The van der Waals surface area contributed by atoms with Crippen molar-refractivity contribution in [2.75, 3.05) is 0 Å². The molecule has 0 amide bonds. The molecule has 1 heterocycles. The first-order valence-corrected chi connectivity index (χ1v) is 10.3. The Balaban J connectivity index is 1.94. The Hall–Kier alpha value is -2.89. The molecule has 0 aromatic heterocycles. The Labute approximate surface area is 159 Å². The number of hydrogen-bond donors (Lipinski definition) is 1. The second-order valence-electron chi connectivity index (χ2n) is 6.56. The van der Waals surface area contributed by atoms with Crippen LogP contribution in [-0.2, 0) is 15.8 Å². The van der Waals surface area contributed by atoms with Crippen LogP contribution in [0.5, 0.6) is 5.75 Å². The maximum absolute atomic E-state index is 11.6. The molecule has 27 heavy (non-hydrogen) atoms. The van der Waals surface area contributed by atoms with Gasteiger partial charge in [0.1, 0.15) is 11.9 Å². The molecule has 0 fully saturated rings. The molecule has 1 aliphatic heterocycles. The molecule has 0 bridgehead atoms. The maximum atomic E-state index is 11.6. The zero-order valence-electron chi connectivity index (χ0n) is 14.6. The van der Waals surface area contributed by atoms with Crippen molar-refractivity contribution in [3.05, 3.63) is 95.6 Å². The summed E-state index contributed by atoms with van der Waals surface area (Å²) in [4.78, 5) is 0. The van der Waals surface area contributed by atoms with E-state index in [0.29, 0.717) is 5.56 Å². The fraction of sp³-hybridized carbons (Fsp3) is 0.0909. The summed E-state index contributed by atoms with van der Waals surface area (Å²) in [6.07, 6.45) is 1.47. The summed E-state index contributed by atoms with van der Waals surface area (Å²) in [6, 6.07) is 21.4. The monoisotopic (exact) mass is 377 g/mol. The lowest BCUT2D eigenvalue weighted by Crippen LogP contribution is -2.18. The normalized spacial score (nSPS) is 15.4. The van der Waals surface area contributed by atoms with Gasteiger partial charge in [-0.3, -0.25) is 0 Å². The summed E-state index contributed by atoms with van der Waals surface area (Å²) >= 11 is 0. The molecule has 1 unspecified atom stereocenters. The molecule has 1 aliphatic rings. The van der Waals surface area contributed by atoms with Crippen LogP contribution >= 0.6 is 0 Å². The molecular weight excluding hydrogens is 358 g/mol. The number of ether oxygens (including phenoxy) is 1. The first-order valence-electron chi connectivity index (χ1n) is 8.57. The van der Waals surface area contributed by atoms with Crippen LogP contribution in [0.2, 0.25) is 0 Å². The van der Waals surface area contributed by atoms with Crippen molar-refractivity contribution in [2.45, 2.75) is 11.9 Å². The summed E-state index contributed by atoms with van der Waals surface area (Å²) in [7, 11) is -3.62. The molecule has 136 valence electrons. The highest BCUT2D eigenvalue weighted by atomic mass is 32.2. The van der Waals surface area contributed by atoms with Crippen LogP contribution in [0, 0.1) is 0 Å². The van der Waals surface area contributed by atoms with Crippen molar-refractivity contribution in [1.29, 1.82) is 0 Å². The van der Waals surface area contributed by atoms with Gasteiger partial charge < -0.3 is 4.74 Å². The zero-order valence-corrected chi connectivity index (χ0v) is 15.4. The number of benzene rings is 3. The van der Waals surface area contributed by atoms with Crippen LogP contribution in [0.4, 0.5) is 0 Å². The average molecular weight is 377 g/mol. The molecule has 0 saturated heterocycles. The van der Waals surface area contributed by atoms with E-state index in [4.69, 9.17) is 9.88 Å². The summed E-state index contributed by atoms with van der Waals surface area (Å²) < 4.78 is 29.4. The Morgan fingerprint density at radius 1 is 1.04 bits per heavy atom. The third-order valence-electron chi connectivity index (χ3n) is 4.66. The van der Waals surface area contributed by atoms with Crippen LogP contribution in [0.25, 0.3) is 17.2 Å². The molecule has 4 rings (SSSR count). The molecule has 5 heteroatoms. The number of fused-ring (bicyclic) bond motifs is 3. The van der Waals surface area contributed by atoms with Gasteiger partial charge in [-0.1, -0.05) is 73.3 Å². The van der Waals surface area contributed by atoms with Crippen molar-refractivity contribution >= 4 is 16.1 Å². The summed E-state index contributed by atoms with van der Waals surface area (Å²) in [6.45, 7) is 3.90. The molecule has 3 aromatic carbocycles. The van der Waals surface area contributed by atoms with E-state index < -0.39 is 10.0 Å². The zero-order chi connectivity index (χ0) is 19.0. The van der Waals surface area contributed by atoms with Gasteiger partial charge in [0.05, 0.1) is 5.75 Å². The molecule has 0 saturated carbocycles. The molecule has 1 atom stereocenters. The standard InChI is InChI=1S/C22H19NO3S/c1-2-16-9-6-10-20-21(16)18-12-11-15(14-27(23,24)25)13-19(18)22(26-20)17-7-4-3-5-8-17/h2-13,22H,1,14H2,(H2,23,24,25). The number of primary sulfonamides is 1. The fourth-order valence-electron chi connectivity index (χ4n) is 3.55. The quantitative estimate of drug-likeness (QED) is 0.738. The van der Waals surface area contributed by atoms with Crippen LogP contribution in [0.3, 0.4) is 0 Å². The Morgan fingerprint density at radius 2 is 1.81 bits per heavy atom. The average Bonchev–Trinajstić information content (AvgIpc) is 2.66. The van der Waals surface area contributed by atoms with E-state index >= 15 is 0 Å². The molecule has 3 aromatic rings. The van der Waals surface area contributed by atoms with Gasteiger partial charge in [-0.2, -0.15) is 0 Å². The van der Waals surface area contributed by atoms with Crippen molar-refractivity contribution in [3.8, 4) is 16.9 Å². The van der Waals surface area contributed by atoms with Crippen molar-refractivity contribution in [3.63, 3.8) is 0 Å². The predicted molar refractivity (Wildman–Crippen MR) is 108 cm³/mol. The number of hydrogen-bond acceptors (Lipinski definition) is 3. The third kappa shape index (κ3) is 3.39. The highest BCUT2D eigenvalue weighted by molar-refractivity contribution is 7.88. The highest BCUT2D eigenvalue weighted by Gasteiger charge is 2.29. The van der Waals surface area contributed by atoms with Crippen LogP contribution < -0.4 is 9.88 Å². The summed E-state index contributed by atoms with van der Waals surface area (Å²) in [5.41, 5.74) is 5.51. The van der Waals surface area contributed by atoms with Gasteiger partial charge in [0, 0.05) is 11.1 Å². The minimum Gasteiger partial charge on any atom is -0.480 e. The fourth-order valence-corrected chi connectivity index (χ4v) is 4.19. The van der Waals surface area contributed by atoms with E-state index in [-0.39, 0.29) is 11.9 Å². The maximum Gasteiger partial charge on any atom is 0.213 e. The van der Waals surface area contributed by atoms with Gasteiger partial charge in [-0.05, 0) is 28.3 Å². The third-order valence-corrected chi connectivity index (χ3v) is 5.40. The Bertz CT molecular complexity index is 1120. The number of nitrogens with two attached hydrogens (primary N) is 1. The van der Waals surface area contributed by atoms with Gasteiger partial charge in [-0.25, -0.2) is 13.6 Å². The van der Waals surface area contributed by atoms with E-state index in [0.717, 1.165) is 33.6 Å². The molecule has 0 aliphatic carbocycles. The minimum atomic E-state index is -3.62. The number of sulfonamides is 1. The minimum absolute atomic E-state index is 0.211.